The van der Waals surface area contributed by atoms with Crippen LogP contribution >= 0.6 is 0 Å². The molecule has 1 atom stereocenters. The van der Waals surface area contributed by atoms with E-state index >= 15 is 0 Å². The second-order valence-electron chi connectivity index (χ2n) is 4.45. The normalized spacial score (nSPS) is 22.2. The summed E-state index contributed by atoms with van der Waals surface area (Å²) in [7, 11) is 3.94. The summed E-state index contributed by atoms with van der Waals surface area (Å²) in [6, 6.07) is 0. The van der Waals surface area contributed by atoms with E-state index in [1.807, 2.05) is 54.7 Å². The van der Waals surface area contributed by atoms with Crippen LogP contribution in [0.25, 0.3) is 0 Å². The number of imidazole rings is 1. The standard InChI is InChI=1S/C12H17N5/c1-9-8-10(4-5-11(9)13)14-15-12-16(2)6-7-17(12)3/h4-7,9,13H,8H2,1-3H3/p+1. The van der Waals surface area contributed by atoms with Gasteiger partial charge in [0.05, 0.1) is 32.2 Å². The monoisotopic (exact) mass is 232 g/mol. The van der Waals surface area contributed by atoms with Crippen molar-refractivity contribution in [1.82, 2.24) is 4.57 Å². The van der Waals surface area contributed by atoms with Crippen molar-refractivity contribution in [1.29, 1.82) is 5.41 Å². The maximum absolute atomic E-state index is 7.65. The Labute approximate surface area is 101 Å². The van der Waals surface area contributed by atoms with Gasteiger partial charge < -0.3 is 5.41 Å². The number of aryl methyl sites for hydroxylation is 2. The lowest BCUT2D eigenvalue weighted by molar-refractivity contribution is -0.656. The average Bonchev–Trinajstić information content (AvgIpc) is 2.61. The Morgan fingerprint density at radius 3 is 2.88 bits per heavy atom. The highest BCUT2D eigenvalue weighted by atomic mass is 15.4. The largest absolute Gasteiger partial charge is 0.380 e. The quantitative estimate of drug-likeness (QED) is 0.585. The van der Waals surface area contributed by atoms with Gasteiger partial charge in [-0.1, -0.05) is 6.92 Å². The Balaban J connectivity index is 2.12. The molecule has 0 saturated carbocycles. The molecular weight excluding hydrogens is 214 g/mol. The molecule has 1 unspecified atom stereocenters. The highest BCUT2D eigenvalue weighted by Crippen LogP contribution is 2.13. The van der Waals surface area contributed by atoms with Gasteiger partial charge in [-0.05, 0) is 12.2 Å². The third-order valence-corrected chi connectivity index (χ3v) is 2.98. The molecule has 0 bridgehead atoms. The second kappa shape index (κ2) is 4.53. The van der Waals surface area contributed by atoms with E-state index in [1.165, 1.54) is 0 Å². The molecule has 0 radical (unpaired) electrons. The SMILES string of the molecule is CC1CC(=NNc2n(C)cc[n+]2C)C=CC1=N. The van der Waals surface area contributed by atoms with E-state index in [4.69, 9.17) is 5.41 Å². The van der Waals surface area contributed by atoms with E-state index in [0.29, 0.717) is 5.71 Å². The lowest BCUT2D eigenvalue weighted by Crippen LogP contribution is -2.30. The van der Waals surface area contributed by atoms with Crippen molar-refractivity contribution in [2.75, 3.05) is 5.43 Å². The molecule has 0 fully saturated rings. The van der Waals surface area contributed by atoms with Crippen LogP contribution in [-0.2, 0) is 14.1 Å². The molecule has 90 valence electrons. The fraction of sp³-hybridized carbons (Fsp3) is 0.417. The van der Waals surface area contributed by atoms with Crippen molar-refractivity contribution in [3.05, 3.63) is 24.5 Å². The van der Waals surface area contributed by atoms with Crippen LogP contribution in [0, 0.1) is 11.3 Å². The molecule has 0 aliphatic heterocycles. The Morgan fingerprint density at radius 2 is 2.29 bits per heavy atom. The van der Waals surface area contributed by atoms with E-state index in [2.05, 4.69) is 10.5 Å². The Kier molecular flexibility index (Phi) is 3.08. The zero-order valence-corrected chi connectivity index (χ0v) is 10.4. The third kappa shape index (κ3) is 2.43. The zero-order chi connectivity index (χ0) is 12.4. The van der Waals surface area contributed by atoms with E-state index in [-0.39, 0.29) is 5.92 Å². The maximum atomic E-state index is 7.65. The topological polar surface area (TPSA) is 57.1 Å². The minimum absolute atomic E-state index is 0.253. The van der Waals surface area contributed by atoms with Gasteiger partial charge in [0.1, 0.15) is 0 Å². The predicted molar refractivity (Wildman–Crippen MR) is 68.3 cm³/mol. The summed E-state index contributed by atoms with van der Waals surface area (Å²) in [6.45, 7) is 2.05. The van der Waals surface area contributed by atoms with Gasteiger partial charge in [-0.15, -0.1) is 5.10 Å². The van der Waals surface area contributed by atoms with Crippen LogP contribution in [0.2, 0.25) is 0 Å². The van der Waals surface area contributed by atoms with Crippen molar-refractivity contribution in [2.24, 2.45) is 25.1 Å². The predicted octanol–water partition coefficient (Wildman–Crippen LogP) is 1.23. The molecule has 0 spiro atoms. The number of hydrogen-bond donors (Lipinski definition) is 2. The van der Waals surface area contributed by atoms with Crippen LogP contribution in [0.3, 0.4) is 0 Å². The molecule has 5 nitrogen and oxygen atoms in total. The average molecular weight is 232 g/mol. The van der Waals surface area contributed by atoms with Gasteiger partial charge in [-0.2, -0.15) is 5.43 Å². The van der Waals surface area contributed by atoms with Crippen molar-refractivity contribution in [2.45, 2.75) is 13.3 Å². The minimum Gasteiger partial charge on any atom is -0.305 e. The first-order valence-corrected chi connectivity index (χ1v) is 5.68. The van der Waals surface area contributed by atoms with Gasteiger partial charge in [-0.25, -0.2) is 9.13 Å². The third-order valence-electron chi connectivity index (χ3n) is 2.98. The number of hydrogen-bond acceptors (Lipinski definition) is 3. The first-order chi connectivity index (χ1) is 8.08. The molecule has 1 aliphatic rings. The summed E-state index contributed by atoms with van der Waals surface area (Å²) >= 11 is 0. The zero-order valence-electron chi connectivity index (χ0n) is 10.4. The lowest BCUT2D eigenvalue weighted by Gasteiger charge is -2.14. The summed E-state index contributed by atoms with van der Waals surface area (Å²) < 4.78 is 3.95. The van der Waals surface area contributed by atoms with Crippen LogP contribution < -0.4 is 9.99 Å². The number of nitrogens with one attached hydrogen (secondary N) is 2. The fourth-order valence-electron chi connectivity index (χ4n) is 1.79. The van der Waals surface area contributed by atoms with E-state index in [1.54, 1.807) is 0 Å². The van der Waals surface area contributed by atoms with Gasteiger partial charge in [0.2, 0.25) is 0 Å². The van der Waals surface area contributed by atoms with Crippen LogP contribution in [0.4, 0.5) is 5.95 Å². The molecule has 0 aromatic carbocycles. The highest BCUT2D eigenvalue weighted by molar-refractivity contribution is 6.09. The molecule has 0 saturated heterocycles. The molecule has 1 aromatic rings. The summed E-state index contributed by atoms with van der Waals surface area (Å²) in [5.74, 6) is 1.18. The summed E-state index contributed by atoms with van der Waals surface area (Å²) in [6.07, 6.45) is 8.48. The van der Waals surface area contributed by atoms with Gasteiger partial charge in [0.25, 0.3) is 0 Å². The van der Waals surface area contributed by atoms with Crippen molar-refractivity contribution < 1.29 is 4.57 Å². The molecule has 1 heterocycles. The Morgan fingerprint density at radius 1 is 1.53 bits per heavy atom. The summed E-state index contributed by atoms with van der Waals surface area (Å²) in [5.41, 5.74) is 4.71. The molecule has 2 N–H and O–H groups in total. The van der Waals surface area contributed by atoms with E-state index in [0.717, 1.165) is 18.1 Å². The van der Waals surface area contributed by atoms with Crippen LogP contribution in [0.1, 0.15) is 13.3 Å². The smallest absolute Gasteiger partial charge is 0.305 e. The second-order valence-corrected chi connectivity index (χ2v) is 4.45. The van der Waals surface area contributed by atoms with Gasteiger partial charge in [-0.3, -0.25) is 0 Å². The van der Waals surface area contributed by atoms with Crippen molar-refractivity contribution in [3.63, 3.8) is 0 Å². The maximum Gasteiger partial charge on any atom is 0.380 e. The van der Waals surface area contributed by atoms with Crippen LogP contribution in [0.15, 0.2) is 29.6 Å². The van der Waals surface area contributed by atoms with Gasteiger partial charge in [0.15, 0.2) is 0 Å². The summed E-state index contributed by atoms with van der Waals surface area (Å²) in [4.78, 5) is 0. The van der Waals surface area contributed by atoms with Gasteiger partial charge in [0, 0.05) is 18.1 Å². The molecule has 1 aromatic heterocycles. The molecular formula is C12H18N5+. The highest BCUT2D eigenvalue weighted by Gasteiger charge is 2.16. The number of nitrogens with zero attached hydrogens (tertiary/aromatic N) is 3. The summed E-state index contributed by atoms with van der Waals surface area (Å²) in [5, 5.41) is 12.0. The molecule has 0 amide bonds. The lowest BCUT2D eigenvalue weighted by atomic mass is 9.93. The minimum atomic E-state index is 0.253. The molecule has 2 rings (SSSR count). The first kappa shape index (κ1) is 11.6. The van der Waals surface area contributed by atoms with Crippen molar-refractivity contribution in [3.8, 4) is 0 Å². The number of hydrazone groups is 1. The van der Waals surface area contributed by atoms with E-state index < -0.39 is 0 Å². The fourth-order valence-corrected chi connectivity index (χ4v) is 1.79. The van der Waals surface area contributed by atoms with Crippen LogP contribution in [0.5, 0.6) is 0 Å². The molecule has 1 aliphatic carbocycles. The number of aromatic nitrogens is 2. The van der Waals surface area contributed by atoms with Crippen molar-refractivity contribution >= 4 is 17.4 Å². The first-order valence-electron chi connectivity index (χ1n) is 5.68. The molecule has 17 heavy (non-hydrogen) atoms. The Hall–Kier alpha value is -1.91. The number of allylic oxidation sites excluding steroid dienone is 2. The van der Waals surface area contributed by atoms with Crippen LogP contribution in [-0.4, -0.2) is 16.0 Å². The van der Waals surface area contributed by atoms with Gasteiger partial charge >= 0.3 is 5.95 Å². The van der Waals surface area contributed by atoms with E-state index in [9.17, 15) is 0 Å². The molecule has 5 heteroatoms. The Bertz CT molecular complexity index is 475. The number of anilines is 1. The number of rotatable bonds is 2.